The number of aryl methyl sites for hydroxylation is 1. The van der Waals surface area contributed by atoms with E-state index < -0.39 is 5.97 Å². The van der Waals surface area contributed by atoms with Crippen molar-refractivity contribution in [3.8, 4) is 0 Å². The summed E-state index contributed by atoms with van der Waals surface area (Å²) in [6, 6.07) is 12.2. The predicted molar refractivity (Wildman–Crippen MR) is 89.9 cm³/mol. The van der Waals surface area contributed by atoms with Crippen LogP contribution < -0.4 is 0 Å². The summed E-state index contributed by atoms with van der Waals surface area (Å²) in [5, 5.41) is 0.714. The van der Waals surface area contributed by atoms with Crippen LogP contribution in [0.25, 0.3) is 11.0 Å². The number of aromatic nitrogens is 2. The Morgan fingerprint density at radius 3 is 2.48 bits per heavy atom. The van der Waals surface area contributed by atoms with Gasteiger partial charge in [-0.1, -0.05) is 35.3 Å². The maximum absolute atomic E-state index is 12.1. The molecule has 0 aliphatic rings. The Bertz CT molecular complexity index is 897. The average Bonchev–Trinajstić information content (AvgIpc) is 2.52. The summed E-state index contributed by atoms with van der Waals surface area (Å²) < 4.78 is 5.30. The molecule has 0 aliphatic heterocycles. The summed E-state index contributed by atoms with van der Waals surface area (Å²) in [5.74, 6) is -0.527. The van der Waals surface area contributed by atoms with Gasteiger partial charge in [0.2, 0.25) is 0 Å². The molecule has 2 aromatic carbocycles. The van der Waals surface area contributed by atoms with Gasteiger partial charge in [-0.25, -0.2) is 14.8 Å². The number of esters is 1. The molecule has 23 heavy (non-hydrogen) atoms. The van der Waals surface area contributed by atoms with Crippen molar-refractivity contribution in [2.75, 3.05) is 0 Å². The Morgan fingerprint density at radius 1 is 1.09 bits per heavy atom. The third-order valence-electron chi connectivity index (χ3n) is 3.33. The fraction of sp³-hybridized carbons (Fsp3) is 0.118. The number of ether oxygens (including phenoxy) is 1. The molecule has 0 radical (unpaired) electrons. The smallest absolute Gasteiger partial charge is 0.340 e. The van der Waals surface area contributed by atoms with E-state index in [1.54, 1.807) is 6.07 Å². The minimum Gasteiger partial charge on any atom is -0.455 e. The molecule has 0 amide bonds. The lowest BCUT2D eigenvalue weighted by atomic mass is 10.2. The van der Waals surface area contributed by atoms with Crippen LogP contribution in [0, 0.1) is 6.92 Å². The highest BCUT2D eigenvalue weighted by atomic mass is 35.5. The van der Waals surface area contributed by atoms with E-state index in [1.165, 1.54) is 12.1 Å². The highest BCUT2D eigenvalue weighted by Crippen LogP contribution is 2.22. The maximum atomic E-state index is 12.1. The van der Waals surface area contributed by atoms with E-state index in [4.69, 9.17) is 27.9 Å². The summed E-state index contributed by atoms with van der Waals surface area (Å²) in [5.41, 5.74) is 3.16. The second-order valence-electron chi connectivity index (χ2n) is 4.94. The maximum Gasteiger partial charge on any atom is 0.340 e. The number of carbonyl (C=O) groups excluding carboxylic acids is 1. The fourth-order valence-electron chi connectivity index (χ4n) is 2.13. The molecular weight excluding hydrogens is 335 g/mol. The van der Waals surface area contributed by atoms with Gasteiger partial charge < -0.3 is 4.74 Å². The first kappa shape index (κ1) is 15.7. The van der Waals surface area contributed by atoms with Gasteiger partial charge >= 0.3 is 5.97 Å². The number of rotatable bonds is 3. The van der Waals surface area contributed by atoms with Gasteiger partial charge in [0.15, 0.2) is 0 Å². The molecule has 116 valence electrons. The van der Waals surface area contributed by atoms with Crippen molar-refractivity contribution in [3.05, 3.63) is 69.5 Å². The van der Waals surface area contributed by atoms with Gasteiger partial charge in [-0.2, -0.15) is 0 Å². The molecular formula is C17H12Cl2N2O2. The van der Waals surface area contributed by atoms with Gasteiger partial charge in [-0.3, -0.25) is 0 Å². The van der Waals surface area contributed by atoms with Gasteiger partial charge in [0.05, 0.1) is 33.0 Å². The number of carbonyl (C=O) groups is 1. The van der Waals surface area contributed by atoms with Crippen LogP contribution in [0.5, 0.6) is 0 Å². The highest BCUT2D eigenvalue weighted by molar-refractivity contribution is 6.36. The Hall–Kier alpha value is -2.17. The number of fused-ring (bicyclic) bond motifs is 1. The summed E-state index contributed by atoms with van der Waals surface area (Å²) >= 11 is 11.8. The third kappa shape index (κ3) is 3.44. The minimum absolute atomic E-state index is 0.0292. The fourth-order valence-corrected chi connectivity index (χ4v) is 2.61. The van der Waals surface area contributed by atoms with Crippen LogP contribution in [0.3, 0.4) is 0 Å². The van der Waals surface area contributed by atoms with Gasteiger partial charge in [-0.15, -0.1) is 0 Å². The number of para-hydroxylation sites is 2. The van der Waals surface area contributed by atoms with Gasteiger partial charge in [0.1, 0.15) is 6.61 Å². The van der Waals surface area contributed by atoms with Crippen LogP contribution in [-0.4, -0.2) is 15.9 Å². The van der Waals surface area contributed by atoms with Crippen LogP contribution in [0.1, 0.15) is 21.7 Å². The molecule has 0 saturated carbocycles. The van der Waals surface area contributed by atoms with E-state index in [-0.39, 0.29) is 17.2 Å². The molecule has 0 aliphatic carbocycles. The Balaban J connectivity index is 1.80. The Labute approximate surface area is 143 Å². The van der Waals surface area contributed by atoms with E-state index in [9.17, 15) is 4.79 Å². The van der Waals surface area contributed by atoms with Crippen LogP contribution in [-0.2, 0) is 11.3 Å². The standard InChI is InChI=1S/C17H12Cl2N2O2/c1-10-16(21-15-5-3-2-4-14(15)20-10)9-23-17(22)12-7-6-11(18)8-13(12)19/h2-8H,9H2,1H3. The van der Waals surface area contributed by atoms with E-state index in [0.29, 0.717) is 10.7 Å². The predicted octanol–water partition coefficient (Wildman–Crippen LogP) is 4.60. The number of nitrogens with zero attached hydrogens (tertiary/aromatic N) is 2. The van der Waals surface area contributed by atoms with Crippen molar-refractivity contribution < 1.29 is 9.53 Å². The van der Waals surface area contributed by atoms with Crippen molar-refractivity contribution in [2.45, 2.75) is 13.5 Å². The quantitative estimate of drug-likeness (QED) is 0.650. The first-order valence-corrected chi connectivity index (χ1v) is 7.64. The number of benzene rings is 2. The monoisotopic (exact) mass is 346 g/mol. The molecule has 0 saturated heterocycles. The zero-order valence-electron chi connectivity index (χ0n) is 12.2. The van der Waals surface area contributed by atoms with Crippen molar-refractivity contribution in [3.63, 3.8) is 0 Å². The second kappa shape index (κ2) is 6.52. The van der Waals surface area contributed by atoms with Gasteiger partial charge in [0, 0.05) is 5.02 Å². The molecule has 3 aromatic rings. The summed E-state index contributed by atoms with van der Waals surface area (Å²) in [6.07, 6.45) is 0. The second-order valence-corrected chi connectivity index (χ2v) is 5.79. The molecule has 0 N–H and O–H groups in total. The topological polar surface area (TPSA) is 52.1 Å². The Kier molecular flexibility index (Phi) is 4.46. The molecule has 0 spiro atoms. The van der Waals surface area contributed by atoms with Gasteiger partial charge in [0.25, 0.3) is 0 Å². The third-order valence-corrected chi connectivity index (χ3v) is 3.88. The Morgan fingerprint density at radius 2 is 1.78 bits per heavy atom. The molecule has 6 heteroatoms. The summed E-state index contributed by atoms with van der Waals surface area (Å²) in [7, 11) is 0. The SMILES string of the molecule is Cc1nc2ccccc2nc1COC(=O)c1ccc(Cl)cc1Cl. The summed E-state index contributed by atoms with van der Waals surface area (Å²) in [6.45, 7) is 1.86. The summed E-state index contributed by atoms with van der Waals surface area (Å²) in [4.78, 5) is 21.1. The number of halogens is 2. The largest absolute Gasteiger partial charge is 0.455 e. The van der Waals surface area contributed by atoms with Crippen molar-refractivity contribution in [2.24, 2.45) is 0 Å². The highest BCUT2D eigenvalue weighted by Gasteiger charge is 2.14. The first-order chi connectivity index (χ1) is 11.0. The molecule has 0 bridgehead atoms. The molecule has 0 atom stereocenters. The van der Waals surface area contributed by atoms with Crippen molar-refractivity contribution in [1.29, 1.82) is 0 Å². The zero-order valence-corrected chi connectivity index (χ0v) is 13.7. The lowest BCUT2D eigenvalue weighted by Crippen LogP contribution is -2.08. The minimum atomic E-state index is -0.527. The molecule has 1 heterocycles. The molecule has 1 aromatic heterocycles. The molecule has 0 unspecified atom stereocenters. The van der Waals surface area contributed by atoms with Crippen LogP contribution in [0.4, 0.5) is 0 Å². The average molecular weight is 347 g/mol. The van der Waals surface area contributed by atoms with Crippen LogP contribution >= 0.6 is 23.2 Å². The molecule has 0 fully saturated rings. The normalized spacial score (nSPS) is 10.7. The number of hydrogen-bond donors (Lipinski definition) is 0. The molecule has 4 nitrogen and oxygen atoms in total. The van der Waals surface area contributed by atoms with Crippen molar-refractivity contribution in [1.82, 2.24) is 9.97 Å². The van der Waals surface area contributed by atoms with Crippen LogP contribution in [0.15, 0.2) is 42.5 Å². The van der Waals surface area contributed by atoms with E-state index in [0.717, 1.165) is 16.7 Å². The lowest BCUT2D eigenvalue weighted by molar-refractivity contribution is 0.0467. The zero-order chi connectivity index (χ0) is 16.4. The van der Waals surface area contributed by atoms with E-state index in [1.807, 2.05) is 31.2 Å². The lowest BCUT2D eigenvalue weighted by Gasteiger charge is -2.09. The van der Waals surface area contributed by atoms with E-state index >= 15 is 0 Å². The molecule has 3 rings (SSSR count). The van der Waals surface area contributed by atoms with Crippen molar-refractivity contribution >= 4 is 40.2 Å². The van der Waals surface area contributed by atoms with E-state index in [2.05, 4.69) is 9.97 Å². The van der Waals surface area contributed by atoms with Gasteiger partial charge in [-0.05, 0) is 37.3 Å². The first-order valence-electron chi connectivity index (χ1n) is 6.89. The number of hydrogen-bond acceptors (Lipinski definition) is 4. The van der Waals surface area contributed by atoms with Crippen LogP contribution in [0.2, 0.25) is 10.0 Å².